The molecule has 150 valence electrons. The van der Waals surface area contributed by atoms with E-state index >= 15 is 0 Å². The molecule has 0 aromatic heterocycles. The van der Waals surface area contributed by atoms with Crippen molar-refractivity contribution in [3.05, 3.63) is 0 Å². The van der Waals surface area contributed by atoms with Gasteiger partial charge in [0.2, 0.25) is 0 Å². The van der Waals surface area contributed by atoms with E-state index in [1.54, 1.807) is 0 Å². The molecule has 0 saturated heterocycles. The third kappa shape index (κ3) is 3.68. The molecule has 0 amide bonds. The monoisotopic (exact) mass is 388 g/mol. The van der Waals surface area contributed by atoms with Gasteiger partial charge in [0, 0.05) is 11.8 Å². The van der Waals surface area contributed by atoms with Crippen molar-refractivity contribution >= 4 is 13.6 Å². The molecule has 0 aromatic rings. The topological polar surface area (TPSA) is 115 Å². The molecule has 4 aliphatic rings. The highest BCUT2D eigenvalue weighted by atomic mass is 31.2. The molecule has 4 N–H and O–H groups in total. The molecule has 0 spiro atoms. The molecule has 7 heteroatoms. The Morgan fingerprint density at radius 1 is 0.962 bits per heavy atom. The van der Waals surface area contributed by atoms with Gasteiger partial charge in [0.15, 0.2) is 0 Å². The summed E-state index contributed by atoms with van der Waals surface area (Å²) in [6.07, 6.45) is 10.1. The molecule has 4 rings (SSSR count). The van der Waals surface area contributed by atoms with Gasteiger partial charge in [-0.3, -0.25) is 4.79 Å². The average Bonchev–Trinajstić information content (AvgIpc) is 2.82. The minimum atomic E-state index is -4.64. The van der Waals surface area contributed by atoms with E-state index in [-0.39, 0.29) is 11.5 Å². The fraction of sp³-hybridized carbons (Fsp3) is 0.947. The van der Waals surface area contributed by atoms with E-state index < -0.39 is 7.82 Å². The fourth-order valence-electron chi connectivity index (χ4n) is 7.01. The van der Waals surface area contributed by atoms with Gasteiger partial charge >= 0.3 is 7.82 Å². The number of fused-ring (bicyclic) bond motifs is 5. The Hall–Kier alpha value is -0.260. The molecule has 0 unspecified atom stereocenters. The molecule has 0 heterocycles. The van der Waals surface area contributed by atoms with Crippen LogP contribution >= 0.6 is 7.82 Å². The van der Waals surface area contributed by atoms with Crippen LogP contribution in [0.15, 0.2) is 0 Å². The average molecular weight is 388 g/mol. The summed E-state index contributed by atoms with van der Waals surface area (Å²) in [5, 5.41) is 10.0. The van der Waals surface area contributed by atoms with Crippen molar-refractivity contribution in [2.75, 3.05) is 0 Å². The number of hydrogen-bond acceptors (Lipinski definition) is 3. The summed E-state index contributed by atoms with van der Waals surface area (Å²) < 4.78 is 8.88. The lowest BCUT2D eigenvalue weighted by Gasteiger charge is -2.60. The Labute approximate surface area is 155 Å². The molecular formula is C19H33O6P. The molecule has 4 aliphatic carbocycles. The summed E-state index contributed by atoms with van der Waals surface area (Å²) in [5.41, 5.74) is 0.452. The predicted octanol–water partition coefficient (Wildman–Crippen LogP) is 3.03. The zero-order valence-corrected chi connectivity index (χ0v) is 16.7. The van der Waals surface area contributed by atoms with Gasteiger partial charge in [-0.05, 0) is 80.5 Å². The van der Waals surface area contributed by atoms with Crippen molar-refractivity contribution in [3.63, 3.8) is 0 Å². The molecule has 4 saturated carbocycles. The second-order valence-corrected chi connectivity index (χ2v) is 10.5. The zero-order valence-electron chi connectivity index (χ0n) is 15.8. The number of aliphatic hydroxyl groups is 1. The van der Waals surface area contributed by atoms with Crippen molar-refractivity contribution in [1.29, 1.82) is 0 Å². The van der Waals surface area contributed by atoms with Crippen LogP contribution in [0.2, 0.25) is 0 Å². The third-order valence-corrected chi connectivity index (χ3v) is 8.35. The standard InChI is InChI=1S/C19H30O2.H3O4P/c1-18-9-7-13(20)11-12(18)3-4-14-15-5-6-17(21)19(15,2)10-8-16(14)18;1-5(2,3)4/h12-16,20H,3-11H2,1-2H3;(H3,1,2,3,4)/t12-,13+,14-,15-,16-,18-,19-;/m0./s1. The molecule has 6 nitrogen and oxygen atoms in total. The number of carbonyl (C=O) groups excluding carboxylic acids is 1. The maximum atomic E-state index is 12.4. The van der Waals surface area contributed by atoms with Crippen molar-refractivity contribution in [3.8, 4) is 0 Å². The predicted molar refractivity (Wildman–Crippen MR) is 97.0 cm³/mol. The van der Waals surface area contributed by atoms with E-state index in [9.17, 15) is 9.90 Å². The molecule has 0 radical (unpaired) electrons. The fourth-order valence-corrected chi connectivity index (χ4v) is 7.01. The van der Waals surface area contributed by atoms with Gasteiger partial charge in [-0.2, -0.15) is 0 Å². The second-order valence-electron chi connectivity index (χ2n) is 9.52. The van der Waals surface area contributed by atoms with Crippen LogP contribution in [0.1, 0.15) is 71.6 Å². The first-order valence-corrected chi connectivity index (χ1v) is 11.5. The van der Waals surface area contributed by atoms with Gasteiger partial charge in [-0.15, -0.1) is 0 Å². The largest absolute Gasteiger partial charge is 0.466 e. The molecule has 0 aromatic carbocycles. The van der Waals surface area contributed by atoms with E-state index in [0.717, 1.165) is 49.9 Å². The summed E-state index contributed by atoms with van der Waals surface area (Å²) in [7, 11) is -4.64. The minimum Gasteiger partial charge on any atom is -0.393 e. The first-order valence-electron chi connectivity index (χ1n) is 9.95. The summed E-state index contributed by atoms with van der Waals surface area (Å²) in [6, 6.07) is 0. The molecule has 0 bridgehead atoms. The van der Waals surface area contributed by atoms with Gasteiger partial charge in [0.05, 0.1) is 6.10 Å². The normalized spacial score (nSPS) is 47.9. The lowest BCUT2D eigenvalue weighted by molar-refractivity contribution is -0.142. The maximum Gasteiger partial charge on any atom is 0.466 e. The van der Waals surface area contributed by atoms with Crippen LogP contribution in [0.4, 0.5) is 0 Å². The van der Waals surface area contributed by atoms with Crippen LogP contribution in [-0.2, 0) is 9.36 Å². The van der Waals surface area contributed by atoms with Gasteiger partial charge in [0.1, 0.15) is 5.78 Å². The Morgan fingerprint density at radius 2 is 1.62 bits per heavy atom. The summed E-state index contributed by atoms with van der Waals surface area (Å²) in [6.45, 7) is 4.78. The molecular weight excluding hydrogens is 355 g/mol. The Bertz CT molecular complexity index is 595. The van der Waals surface area contributed by atoms with E-state index in [4.69, 9.17) is 19.2 Å². The first kappa shape index (κ1) is 20.5. The van der Waals surface area contributed by atoms with Crippen LogP contribution in [0.3, 0.4) is 0 Å². The van der Waals surface area contributed by atoms with Crippen molar-refractivity contribution < 1.29 is 29.1 Å². The maximum absolute atomic E-state index is 12.4. The van der Waals surface area contributed by atoms with Crippen LogP contribution in [-0.4, -0.2) is 31.7 Å². The number of Topliss-reactive ketones (excluding diaryl/α,β-unsaturated/α-hetero) is 1. The van der Waals surface area contributed by atoms with E-state index in [1.807, 2.05) is 0 Å². The Balaban J connectivity index is 0.000000349. The van der Waals surface area contributed by atoms with Crippen molar-refractivity contribution in [1.82, 2.24) is 0 Å². The van der Waals surface area contributed by atoms with Gasteiger partial charge < -0.3 is 19.8 Å². The van der Waals surface area contributed by atoms with E-state index in [0.29, 0.717) is 17.1 Å². The van der Waals surface area contributed by atoms with Crippen LogP contribution in [0, 0.1) is 34.5 Å². The lowest BCUT2D eigenvalue weighted by Crippen LogP contribution is -2.54. The van der Waals surface area contributed by atoms with E-state index in [1.165, 1.54) is 25.7 Å². The van der Waals surface area contributed by atoms with E-state index in [2.05, 4.69) is 13.8 Å². The van der Waals surface area contributed by atoms with Crippen molar-refractivity contribution in [2.45, 2.75) is 77.7 Å². The Kier molecular flexibility index (Phi) is 5.49. The minimum absolute atomic E-state index is 0.0124. The first-order chi connectivity index (χ1) is 11.9. The molecule has 4 fully saturated rings. The number of hydrogen-bond donors (Lipinski definition) is 4. The second kappa shape index (κ2) is 6.97. The SMILES string of the molecule is C[C@]12CC[C@@H](O)C[C@@H]1CC[C@@H]1[C@@H]2CC[C@]2(C)C(=O)CC[C@@H]12.O=P(O)(O)O. The number of carbonyl (C=O) groups is 1. The zero-order chi connectivity index (χ0) is 19.3. The van der Waals surface area contributed by atoms with Gasteiger partial charge in [0.25, 0.3) is 0 Å². The van der Waals surface area contributed by atoms with Gasteiger partial charge in [-0.25, -0.2) is 4.57 Å². The summed E-state index contributed by atoms with van der Waals surface area (Å²) in [5.74, 6) is 3.54. The highest BCUT2D eigenvalue weighted by Gasteiger charge is 2.60. The summed E-state index contributed by atoms with van der Waals surface area (Å²) >= 11 is 0. The number of aliphatic hydroxyl groups excluding tert-OH is 1. The lowest BCUT2D eigenvalue weighted by atomic mass is 9.45. The third-order valence-electron chi connectivity index (χ3n) is 8.35. The number of phosphoric acid groups is 1. The highest BCUT2D eigenvalue weighted by Crippen LogP contribution is 2.65. The Morgan fingerprint density at radius 3 is 2.27 bits per heavy atom. The number of rotatable bonds is 0. The highest BCUT2D eigenvalue weighted by molar-refractivity contribution is 7.45. The quantitative estimate of drug-likeness (QED) is 0.474. The van der Waals surface area contributed by atoms with Crippen LogP contribution < -0.4 is 0 Å². The van der Waals surface area contributed by atoms with Gasteiger partial charge in [-0.1, -0.05) is 13.8 Å². The molecule has 26 heavy (non-hydrogen) atoms. The molecule has 7 atom stereocenters. The van der Waals surface area contributed by atoms with Crippen LogP contribution in [0.25, 0.3) is 0 Å². The van der Waals surface area contributed by atoms with Crippen LogP contribution in [0.5, 0.6) is 0 Å². The molecule has 0 aliphatic heterocycles. The summed E-state index contributed by atoms with van der Waals surface area (Å²) in [4.78, 5) is 33.9. The number of ketones is 1. The smallest absolute Gasteiger partial charge is 0.393 e. The van der Waals surface area contributed by atoms with Crippen molar-refractivity contribution in [2.24, 2.45) is 34.5 Å².